The summed E-state index contributed by atoms with van der Waals surface area (Å²) in [5.74, 6) is 0.718. The molecule has 2 N–H and O–H groups in total. The zero-order chi connectivity index (χ0) is 11.9. The molecule has 18 heavy (non-hydrogen) atoms. The molecule has 1 aromatic heterocycles. The molecule has 0 bridgehead atoms. The molecule has 0 radical (unpaired) electrons. The number of hydrogen-bond donors (Lipinski definition) is 1. The number of piperidine rings is 1. The minimum atomic E-state index is 0. The Kier molecular flexibility index (Phi) is 7.07. The van der Waals surface area contributed by atoms with Crippen LogP contribution in [-0.2, 0) is 6.54 Å². The second kappa shape index (κ2) is 8.34. The number of aromatic nitrogens is 2. The molecule has 0 saturated carbocycles. The van der Waals surface area contributed by atoms with Crippen LogP contribution >= 0.6 is 24.0 Å². The van der Waals surface area contributed by atoms with Gasteiger partial charge < -0.3 is 15.2 Å². The van der Waals surface area contributed by atoms with Crippen molar-refractivity contribution in [2.24, 2.45) is 10.7 Å². The Morgan fingerprint density at radius 1 is 1.28 bits per heavy atom. The monoisotopic (exact) mass is 363 g/mol. The Morgan fingerprint density at radius 3 is 2.72 bits per heavy atom. The summed E-state index contributed by atoms with van der Waals surface area (Å²) in [6.45, 7) is 3.88. The SMILES string of the molecule is I.NC(=NCCCn1ccnc1)N1CCCCC1. The summed E-state index contributed by atoms with van der Waals surface area (Å²) in [5, 5.41) is 0. The van der Waals surface area contributed by atoms with E-state index in [0.717, 1.165) is 38.6 Å². The third-order valence-electron chi connectivity index (χ3n) is 3.09. The summed E-state index contributed by atoms with van der Waals surface area (Å²) in [5.41, 5.74) is 5.96. The summed E-state index contributed by atoms with van der Waals surface area (Å²) in [6.07, 6.45) is 10.4. The second-order valence-corrected chi connectivity index (χ2v) is 4.44. The lowest BCUT2D eigenvalue weighted by Crippen LogP contribution is -2.40. The molecular weight excluding hydrogens is 341 g/mol. The molecule has 1 aliphatic rings. The molecule has 2 rings (SSSR count). The maximum absolute atomic E-state index is 5.96. The molecule has 5 nitrogen and oxygen atoms in total. The van der Waals surface area contributed by atoms with Gasteiger partial charge in [0.2, 0.25) is 0 Å². The fourth-order valence-electron chi connectivity index (χ4n) is 2.09. The number of likely N-dealkylation sites (tertiary alicyclic amines) is 1. The van der Waals surface area contributed by atoms with Gasteiger partial charge in [-0.15, -0.1) is 24.0 Å². The fourth-order valence-corrected chi connectivity index (χ4v) is 2.09. The van der Waals surface area contributed by atoms with Crippen LogP contribution in [0.25, 0.3) is 0 Å². The third kappa shape index (κ3) is 4.83. The van der Waals surface area contributed by atoms with Crippen molar-refractivity contribution < 1.29 is 0 Å². The van der Waals surface area contributed by atoms with Crippen molar-refractivity contribution in [1.29, 1.82) is 0 Å². The molecule has 0 aromatic carbocycles. The van der Waals surface area contributed by atoms with E-state index in [9.17, 15) is 0 Å². The number of guanidine groups is 1. The fraction of sp³-hybridized carbons (Fsp3) is 0.667. The molecule has 1 saturated heterocycles. The van der Waals surface area contributed by atoms with Crippen LogP contribution in [0.5, 0.6) is 0 Å². The van der Waals surface area contributed by atoms with E-state index in [1.165, 1.54) is 19.3 Å². The van der Waals surface area contributed by atoms with Crippen molar-refractivity contribution in [3.63, 3.8) is 0 Å². The third-order valence-corrected chi connectivity index (χ3v) is 3.09. The first-order valence-electron chi connectivity index (χ1n) is 6.37. The number of imidazole rings is 1. The normalized spacial score (nSPS) is 16.4. The lowest BCUT2D eigenvalue weighted by atomic mass is 10.1. The highest BCUT2D eigenvalue weighted by atomic mass is 127. The molecule has 0 atom stereocenters. The lowest BCUT2D eigenvalue weighted by molar-refractivity contribution is 0.338. The zero-order valence-electron chi connectivity index (χ0n) is 10.7. The van der Waals surface area contributed by atoms with Crippen LogP contribution < -0.4 is 5.73 Å². The Hall–Kier alpha value is -0.790. The number of aryl methyl sites for hydroxylation is 1. The summed E-state index contributed by atoms with van der Waals surface area (Å²) in [7, 11) is 0. The molecule has 2 heterocycles. The Morgan fingerprint density at radius 2 is 2.06 bits per heavy atom. The molecule has 102 valence electrons. The zero-order valence-corrected chi connectivity index (χ0v) is 13.0. The summed E-state index contributed by atoms with van der Waals surface area (Å²) in [6, 6.07) is 0. The predicted molar refractivity (Wildman–Crippen MR) is 84.2 cm³/mol. The average Bonchev–Trinajstić information content (AvgIpc) is 2.88. The van der Waals surface area contributed by atoms with E-state index in [0.29, 0.717) is 0 Å². The van der Waals surface area contributed by atoms with E-state index in [-0.39, 0.29) is 24.0 Å². The van der Waals surface area contributed by atoms with Crippen molar-refractivity contribution in [3.8, 4) is 0 Å². The van der Waals surface area contributed by atoms with Gasteiger partial charge in [-0.1, -0.05) is 0 Å². The van der Waals surface area contributed by atoms with E-state index >= 15 is 0 Å². The summed E-state index contributed by atoms with van der Waals surface area (Å²) in [4.78, 5) is 10.6. The number of nitrogens with zero attached hydrogens (tertiary/aromatic N) is 4. The van der Waals surface area contributed by atoms with Gasteiger partial charge in [-0.05, 0) is 25.7 Å². The van der Waals surface area contributed by atoms with Gasteiger partial charge in [0, 0.05) is 38.6 Å². The van der Waals surface area contributed by atoms with Gasteiger partial charge in [-0.25, -0.2) is 4.98 Å². The van der Waals surface area contributed by atoms with E-state index < -0.39 is 0 Å². The highest BCUT2D eigenvalue weighted by molar-refractivity contribution is 14.0. The van der Waals surface area contributed by atoms with Gasteiger partial charge in [0.25, 0.3) is 0 Å². The quantitative estimate of drug-likeness (QED) is 0.383. The number of hydrogen-bond acceptors (Lipinski definition) is 2. The van der Waals surface area contributed by atoms with Crippen LogP contribution in [0.2, 0.25) is 0 Å². The van der Waals surface area contributed by atoms with Crippen LogP contribution in [-0.4, -0.2) is 40.0 Å². The maximum atomic E-state index is 5.96. The van der Waals surface area contributed by atoms with Gasteiger partial charge in [0.15, 0.2) is 5.96 Å². The Labute approximate surface area is 125 Å². The van der Waals surface area contributed by atoms with E-state index in [1.54, 1.807) is 6.20 Å². The Balaban J connectivity index is 0.00000162. The van der Waals surface area contributed by atoms with Crippen molar-refractivity contribution in [3.05, 3.63) is 18.7 Å². The van der Waals surface area contributed by atoms with Crippen LogP contribution in [0.3, 0.4) is 0 Å². The molecular formula is C12H22IN5. The van der Waals surface area contributed by atoms with E-state index in [2.05, 4.69) is 19.4 Å². The molecule has 0 aliphatic carbocycles. The topological polar surface area (TPSA) is 59.4 Å². The average molecular weight is 363 g/mol. The highest BCUT2D eigenvalue weighted by Crippen LogP contribution is 2.07. The Bertz CT molecular complexity index is 343. The lowest BCUT2D eigenvalue weighted by Gasteiger charge is -2.27. The minimum Gasteiger partial charge on any atom is -0.370 e. The molecule has 1 fully saturated rings. The summed E-state index contributed by atoms with van der Waals surface area (Å²) >= 11 is 0. The van der Waals surface area contributed by atoms with E-state index in [4.69, 9.17) is 5.73 Å². The van der Waals surface area contributed by atoms with E-state index in [1.807, 2.05) is 12.5 Å². The first kappa shape index (κ1) is 15.3. The molecule has 0 amide bonds. The van der Waals surface area contributed by atoms with Crippen molar-refractivity contribution >= 4 is 29.9 Å². The molecule has 0 unspecified atom stereocenters. The van der Waals surface area contributed by atoms with Crippen LogP contribution in [0.15, 0.2) is 23.7 Å². The number of nitrogens with two attached hydrogens (primary N) is 1. The van der Waals surface area contributed by atoms with Gasteiger partial charge in [0.05, 0.1) is 6.33 Å². The number of aliphatic imine (C=N–C) groups is 1. The number of halogens is 1. The first-order chi connectivity index (χ1) is 8.36. The highest BCUT2D eigenvalue weighted by Gasteiger charge is 2.11. The van der Waals surface area contributed by atoms with Gasteiger partial charge in [-0.2, -0.15) is 0 Å². The van der Waals surface area contributed by atoms with Crippen LogP contribution in [0, 0.1) is 0 Å². The smallest absolute Gasteiger partial charge is 0.191 e. The van der Waals surface area contributed by atoms with Crippen molar-refractivity contribution in [2.45, 2.75) is 32.2 Å². The molecule has 1 aliphatic heterocycles. The number of rotatable bonds is 4. The molecule has 0 spiro atoms. The van der Waals surface area contributed by atoms with Crippen molar-refractivity contribution in [1.82, 2.24) is 14.5 Å². The first-order valence-corrected chi connectivity index (χ1v) is 6.37. The van der Waals surface area contributed by atoms with Crippen molar-refractivity contribution in [2.75, 3.05) is 19.6 Å². The van der Waals surface area contributed by atoms with Gasteiger partial charge >= 0.3 is 0 Å². The molecule has 1 aromatic rings. The summed E-state index contributed by atoms with van der Waals surface area (Å²) < 4.78 is 2.06. The van der Waals surface area contributed by atoms with Crippen LogP contribution in [0.1, 0.15) is 25.7 Å². The second-order valence-electron chi connectivity index (χ2n) is 4.44. The standard InChI is InChI=1S/C12H21N5.HI/c13-12(17-8-2-1-3-9-17)15-5-4-7-16-10-6-14-11-16;/h6,10-11H,1-5,7-9H2,(H2,13,15);1H. The van der Waals surface area contributed by atoms with Crippen LogP contribution in [0.4, 0.5) is 0 Å². The van der Waals surface area contributed by atoms with Gasteiger partial charge in [-0.3, -0.25) is 4.99 Å². The minimum absolute atomic E-state index is 0. The predicted octanol–water partition coefficient (Wildman–Crippen LogP) is 1.69. The molecule has 6 heteroatoms. The van der Waals surface area contributed by atoms with Gasteiger partial charge in [0.1, 0.15) is 0 Å². The largest absolute Gasteiger partial charge is 0.370 e. The maximum Gasteiger partial charge on any atom is 0.191 e.